The fourth-order valence-corrected chi connectivity index (χ4v) is 5.38. The molecule has 30 heavy (non-hydrogen) atoms. The van der Waals surface area contributed by atoms with Gasteiger partial charge in [-0.15, -0.1) is 0 Å². The molecule has 1 N–H and O–H groups in total. The predicted octanol–water partition coefficient (Wildman–Crippen LogP) is 3.74. The first-order valence-corrected chi connectivity index (χ1v) is 10.8. The highest BCUT2D eigenvalue weighted by Crippen LogP contribution is 2.59. The Morgan fingerprint density at radius 1 is 1.10 bits per heavy atom. The van der Waals surface area contributed by atoms with Gasteiger partial charge >= 0.3 is 11.9 Å². The van der Waals surface area contributed by atoms with E-state index in [0.29, 0.717) is 24.8 Å². The van der Waals surface area contributed by atoms with Crippen molar-refractivity contribution in [3.05, 3.63) is 35.5 Å². The topological polar surface area (TPSA) is 82.1 Å². The van der Waals surface area contributed by atoms with Gasteiger partial charge < -0.3 is 19.3 Å². The van der Waals surface area contributed by atoms with E-state index in [-0.39, 0.29) is 17.8 Å². The average molecular weight is 417 g/mol. The van der Waals surface area contributed by atoms with E-state index in [1.807, 2.05) is 13.8 Å². The predicted molar refractivity (Wildman–Crippen MR) is 110 cm³/mol. The molecule has 6 nitrogen and oxygen atoms in total. The lowest BCUT2D eigenvalue weighted by atomic mass is 9.66. The number of aliphatic hydroxyl groups is 1. The largest absolute Gasteiger partial charge is 0.447 e. The third kappa shape index (κ3) is 3.25. The molecule has 4 aliphatic rings. The van der Waals surface area contributed by atoms with E-state index in [2.05, 4.69) is 32.1 Å². The van der Waals surface area contributed by atoms with Gasteiger partial charge in [-0.3, -0.25) is 4.79 Å². The van der Waals surface area contributed by atoms with E-state index >= 15 is 0 Å². The minimum Gasteiger partial charge on any atom is -0.447 e. The van der Waals surface area contributed by atoms with Gasteiger partial charge in [-0.1, -0.05) is 32.1 Å². The summed E-state index contributed by atoms with van der Waals surface area (Å²) in [4.78, 5) is 24.7. The normalized spacial score (nSPS) is 43.1. The van der Waals surface area contributed by atoms with Crippen LogP contribution in [0.5, 0.6) is 0 Å². The fraction of sp³-hybridized carbons (Fsp3) is 0.667. The van der Waals surface area contributed by atoms with E-state index in [9.17, 15) is 14.7 Å². The fourth-order valence-electron chi connectivity index (χ4n) is 5.38. The molecule has 0 radical (unpaired) electrons. The van der Waals surface area contributed by atoms with E-state index < -0.39 is 35.0 Å². The third-order valence-electron chi connectivity index (χ3n) is 7.39. The van der Waals surface area contributed by atoms with E-state index in [1.165, 1.54) is 6.08 Å². The Labute approximate surface area is 177 Å². The zero-order valence-electron chi connectivity index (χ0n) is 18.5. The van der Waals surface area contributed by atoms with Crippen molar-refractivity contribution in [3.8, 4) is 0 Å². The van der Waals surface area contributed by atoms with Crippen molar-refractivity contribution in [2.75, 3.05) is 0 Å². The van der Waals surface area contributed by atoms with Gasteiger partial charge in [0.05, 0.1) is 11.7 Å². The lowest BCUT2D eigenvalue weighted by Crippen LogP contribution is -2.68. The maximum atomic E-state index is 12.4. The molecule has 0 amide bonds. The second kappa shape index (κ2) is 6.79. The van der Waals surface area contributed by atoms with Crippen LogP contribution in [0.2, 0.25) is 0 Å². The third-order valence-corrected chi connectivity index (χ3v) is 7.39. The van der Waals surface area contributed by atoms with Crippen LogP contribution in [-0.4, -0.2) is 40.1 Å². The quantitative estimate of drug-likeness (QED) is 0.479. The zero-order valence-corrected chi connectivity index (χ0v) is 18.5. The van der Waals surface area contributed by atoms with Crippen LogP contribution in [0.15, 0.2) is 35.5 Å². The van der Waals surface area contributed by atoms with Gasteiger partial charge in [-0.25, -0.2) is 4.79 Å². The Hall–Kier alpha value is -1.92. The number of carbonyl (C=O) groups excluding carboxylic acids is 2. The minimum absolute atomic E-state index is 0.0586. The smallest absolute Gasteiger partial charge is 0.333 e. The van der Waals surface area contributed by atoms with E-state index in [1.54, 1.807) is 6.92 Å². The lowest BCUT2D eigenvalue weighted by Gasteiger charge is -2.56. The number of hydrogen-bond donors (Lipinski definition) is 1. The summed E-state index contributed by atoms with van der Waals surface area (Å²) in [6.45, 7) is 10.0. The van der Waals surface area contributed by atoms with Crippen LogP contribution in [-0.2, 0) is 23.8 Å². The molecule has 0 bridgehead atoms. The van der Waals surface area contributed by atoms with Crippen molar-refractivity contribution < 1.29 is 28.9 Å². The van der Waals surface area contributed by atoms with Crippen molar-refractivity contribution in [1.82, 2.24) is 0 Å². The average Bonchev–Trinajstić information content (AvgIpc) is 2.89. The second-order valence-corrected chi connectivity index (χ2v) is 10.3. The molecule has 5 unspecified atom stereocenters. The molecule has 3 aliphatic heterocycles. The lowest BCUT2D eigenvalue weighted by molar-refractivity contribution is -0.351. The van der Waals surface area contributed by atoms with Crippen LogP contribution in [0.1, 0.15) is 66.7 Å². The molecule has 0 spiro atoms. The summed E-state index contributed by atoms with van der Waals surface area (Å²) >= 11 is 0. The number of ether oxygens (including phenoxy) is 3. The van der Waals surface area contributed by atoms with Gasteiger partial charge in [0.25, 0.3) is 5.79 Å². The summed E-state index contributed by atoms with van der Waals surface area (Å²) in [6.07, 6.45) is 9.36. The van der Waals surface area contributed by atoms with Crippen LogP contribution >= 0.6 is 0 Å². The number of fused-ring (bicyclic) bond motifs is 1. The highest BCUT2D eigenvalue weighted by Gasteiger charge is 2.73. The minimum atomic E-state index is -1.45. The van der Waals surface area contributed by atoms with Gasteiger partial charge in [-0.05, 0) is 62.5 Å². The Morgan fingerprint density at radius 2 is 1.83 bits per heavy atom. The monoisotopic (exact) mass is 416 g/mol. The standard InChI is InChI=1S/C24H32O6/c1-15-7-10-21(3,4)8-6-9-22(5)17(12-18(15)25)13-23-16(2)11-19(26)29-24(23,30-22)14-20(27)28-23/h6-8,11,17-18,25H,9-10,12-14H2,1-5H3. The molecule has 2 saturated heterocycles. The molecule has 0 saturated carbocycles. The molecule has 0 aromatic rings. The maximum Gasteiger partial charge on any atom is 0.333 e. The molecule has 3 heterocycles. The number of esters is 2. The first-order valence-electron chi connectivity index (χ1n) is 10.8. The summed E-state index contributed by atoms with van der Waals surface area (Å²) in [5.41, 5.74) is -0.354. The number of aliphatic hydroxyl groups excluding tert-OH is 1. The first kappa shape index (κ1) is 21.3. The zero-order chi connectivity index (χ0) is 21.9. The van der Waals surface area contributed by atoms with Crippen molar-refractivity contribution in [2.24, 2.45) is 11.3 Å². The summed E-state index contributed by atoms with van der Waals surface area (Å²) < 4.78 is 18.1. The van der Waals surface area contributed by atoms with Crippen molar-refractivity contribution in [2.45, 2.75) is 89.8 Å². The van der Waals surface area contributed by atoms with Gasteiger partial charge in [0.2, 0.25) is 0 Å². The van der Waals surface area contributed by atoms with Crippen LogP contribution in [0.3, 0.4) is 0 Å². The molecular weight excluding hydrogens is 384 g/mol. The maximum absolute atomic E-state index is 12.4. The first-order chi connectivity index (χ1) is 13.9. The van der Waals surface area contributed by atoms with Crippen molar-refractivity contribution >= 4 is 11.9 Å². The van der Waals surface area contributed by atoms with Gasteiger partial charge in [0, 0.05) is 12.5 Å². The second-order valence-electron chi connectivity index (χ2n) is 10.3. The molecule has 0 aromatic carbocycles. The van der Waals surface area contributed by atoms with Crippen LogP contribution in [0, 0.1) is 11.3 Å². The summed E-state index contributed by atoms with van der Waals surface area (Å²) in [6, 6.07) is 0. The Balaban J connectivity index is 1.80. The SMILES string of the molecule is CC1=CCC(C)(C)C=CCC2(C)OC34CC(=O)OC3(CC2CC1O)C(C)=CC(=O)O4. The van der Waals surface area contributed by atoms with E-state index in [4.69, 9.17) is 14.2 Å². The number of allylic oxidation sites excluding steroid dienone is 2. The Kier molecular flexibility index (Phi) is 4.83. The van der Waals surface area contributed by atoms with Crippen LogP contribution in [0.4, 0.5) is 0 Å². The molecule has 1 aliphatic carbocycles. The number of carbonyl (C=O) groups is 2. The molecule has 164 valence electrons. The van der Waals surface area contributed by atoms with Gasteiger partial charge in [0.15, 0.2) is 5.60 Å². The van der Waals surface area contributed by atoms with Gasteiger partial charge in [-0.2, -0.15) is 0 Å². The van der Waals surface area contributed by atoms with Crippen LogP contribution in [0.25, 0.3) is 0 Å². The van der Waals surface area contributed by atoms with E-state index in [0.717, 1.165) is 12.0 Å². The number of hydrogen-bond acceptors (Lipinski definition) is 6. The van der Waals surface area contributed by atoms with Gasteiger partial charge in [0.1, 0.15) is 6.42 Å². The molecule has 6 heteroatoms. The summed E-state index contributed by atoms with van der Waals surface area (Å²) in [5.74, 6) is -2.52. The van der Waals surface area contributed by atoms with Crippen LogP contribution < -0.4 is 0 Å². The van der Waals surface area contributed by atoms with Crippen molar-refractivity contribution in [1.29, 1.82) is 0 Å². The summed E-state index contributed by atoms with van der Waals surface area (Å²) in [5, 5.41) is 11.0. The molecule has 5 atom stereocenters. The molecule has 4 rings (SSSR count). The van der Waals surface area contributed by atoms with Crippen molar-refractivity contribution in [3.63, 3.8) is 0 Å². The highest BCUT2D eigenvalue weighted by atomic mass is 16.8. The molecule has 2 fully saturated rings. The Morgan fingerprint density at radius 3 is 2.57 bits per heavy atom. The molecular formula is C24H32O6. The highest BCUT2D eigenvalue weighted by molar-refractivity contribution is 5.87. The summed E-state index contributed by atoms with van der Waals surface area (Å²) in [7, 11) is 0. The molecule has 0 aromatic heterocycles. The number of rotatable bonds is 0. The Bertz CT molecular complexity index is 867.